The summed E-state index contributed by atoms with van der Waals surface area (Å²) in [6, 6.07) is 11.5. The Hall–Kier alpha value is -1.81. The quantitative estimate of drug-likeness (QED) is 0.687. The molecular formula is C14H11BrN2O. The molecule has 0 aliphatic carbocycles. The molecule has 1 aromatic heterocycles. The average molecular weight is 303 g/mol. The molecule has 0 radical (unpaired) electrons. The third-order valence-electron chi connectivity index (χ3n) is 2.86. The number of nitrogens with two attached hydrogens (primary N) is 1. The van der Waals surface area contributed by atoms with Gasteiger partial charge in [-0.2, -0.15) is 0 Å². The Balaban J connectivity index is 2.19. The van der Waals surface area contributed by atoms with Crippen LogP contribution in [0.2, 0.25) is 0 Å². The number of rotatable bonds is 1. The number of anilines is 1. The SMILES string of the molecule is Cc1cc(-c2nc3c(N)cccc3o2)ccc1Br. The highest BCUT2D eigenvalue weighted by Crippen LogP contribution is 2.29. The molecule has 18 heavy (non-hydrogen) atoms. The molecule has 90 valence electrons. The molecule has 0 saturated heterocycles. The van der Waals surface area contributed by atoms with Gasteiger partial charge < -0.3 is 10.2 Å². The van der Waals surface area contributed by atoms with Crippen molar-refractivity contribution in [2.24, 2.45) is 0 Å². The van der Waals surface area contributed by atoms with Crippen molar-refractivity contribution in [3.8, 4) is 11.5 Å². The van der Waals surface area contributed by atoms with Crippen molar-refractivity contribution in [3.63, 3.8) is 0 Å². The van der Waals surface area contributed by atoms with Crippen LogP contribution in [0.15, 0.2) is 45.3 Å². The van der Waals surface area contributed by atoms with Crippen LogP contribution in [-0.2, 0) is 0 Å². The first-order chi connectivity index (χ1) is 8.65. The smallest absolute Gasteiger partial charge is 0.227 e. The minimum atomic E-state index is 0.596. The number of halogens is 1. The van der Waals surface area contributed by atoms with Crippen molar-refractivity contribution in [2.45, 2.75) is 6.92 Å². The molecule has 3 aromatic rings. The lowest BCUT2D eigenvalue weighted by Gasteiger charge is -1.99. The predicted octanol–water partition coefficient (Wildman–Crippen LogP) is 4.15. The maximum atomic E-state index is 5.87. The van der Waals surface area contributed by atoms with Crippen LogP contribution in [0.25, 0.3) is 22.6 Å². The van der Waals surface area contributed by atoms with Gasteiger partial charge in [0.15, 0.2) is 5.58 Å². The zero-order valence-corrected chi connectivity index (χ0v) is 11.4. The van der Waals surface area contributed by atoms with E-state index in [1.54, 1.807) is 0 Å². The van der Waals surface area contributed by atoms with E-state index in [1.807, 2.05) is 43.3 Å². The topological polar surface area (TPSA) is 52.0 Å². The molecule has 0 saturated carbocycles. The summed E-state index contributed by atoms with van der Waals surface area (Å²) in [5.74, 6) is 0.596. The molecule has 0 unspecified atom stereocenters. The Bertz CT molecular complexity index is 734. The van der Waals surface area contributed by atoms with Crippen LogP contribution in [0.1, 0.15) is 5.56 Å². The van der Waals surface area contributed by atoms with Gasteiger partial charge in [-0.15, -0.1) is 0 Å². The average Bonchev–Trinajstić information content (AvgIpc) is 2.78. The monoisotopic (exact) mass is 302 g/mol. The first-order valence-electron chi connectivity index (χ1n) is 5.57. The molecule has 0 fully saturated rings. The Morgan fingerprint density at radius 2 is 2.06 bits per heavy atom. The largest absolute Gasteiger partial charge is 0.436 e. The van der Waals surface area contributed by atoms with E-state index in [1.165, 1.54) is 0 Å². The van der Waals surface area contributed by atoms with Crippen LogP contribution >= 0.6 is 15.9 Å². The van der Waals surface area contributed by atoms with E-state index < -0.39 is 0 Å². The summed E-state index contributed by atoms with van der Waals surface area (Å²) < 4.78 is 6.79. The molecule has 1 heterocycles. The Morgan fingerprint density at radius 1 is 1.22 bits per heavy atom. The molecular weight excluding hydrogens is 292 g/mol. The lowest BCUT2D eigenvalue weighted by atomic mass is 10.1. The van der Waals surface area contributed by atoms with Gasteiger partial charge >= 0.3 is 0 Å². The van der Waals surface area contributed by atoms with Gasteiger partial charge in [-0.1, -0.05) is 22.0 Å². The van der Waals surface area contributed by atoms with Crippen molar-refractivity contribution in [1.82, 2.24) is 4.98 Å². The number of para-hydroxylation sites is 1. The predicted molar refractivity (Wildman–Crippen MR) is 76.3 cm³/mol. The second-order valence-electron chi connectivity index (χ2n) is 4.18. The number of oxazole rings is 1. The van der Waals surface area contributed by atoms with Crippen LogP contribution < -0.4 is 5.73 Å². The number of fused-ring (bicyclic) bond motifs is 1. The van der Waals surface area contributed by atoms with Gasteiger partial charge in [0.05, 0.1) is 5.69 Å². The first kappa shape index (κ1) is 11.3. The Morgan fingerprint density at radius 3 is 2.78 bits per heavy atom. The van der Waals surface area contributed by atoms with Crippen molar-refractivity contribution >= 4 is 32.7 Å². The Kier molecular flexibility index (Phi) is 2.59. The summed E-state index contributed by atoms with van der Waals surface area (Å²) >= 11 is 3.48. The third-order valence-corrected chi connectivity index (χ3v) is 3.74. The zero-order valence-electron chi connectivity index (χ0n) is 9.77. The van der Waals surface area contributed by atoms with Crippen molar-refractivity contribution in [2.75, 3.05) is 5.73 Å². The summed E-state index contributed by atoms with van der Waals surface area (Å²) in [7, 11) is 0. The van der Waals surface area contributed by atoms with E-state index in [4.69, 9.17) is 10.2 Å². The highest BCUT2D eigenvalue weighted by molar-refractivity contribution is 9.10. The van der Waals surface area contributed by atoms with Crippen LogP contribution in [0, 0.1) is 6.92 Å². The number of aromatic nitrogens is 1. The summed E-state index contributed by atoms with van der Waals surface area (Å²) in [4.78, 5) is 4.45. The van der Waals surface area contributed by atoms with Crippen molar-refractivity contribution in [1.29, 1.82) is 0 Å². The summed E-state index contributed by atoms with van der Waals surface area (Å²) in [6.45, 7) is 2.03. The van der Waals surface area contributed by atoms with E-state index in [9.17, 15) is 0 Å². The minimum absolute atomic E-state index is 0.596. The number of nitrogen functional groups attached to an aromatic ring is 1. The first-order valence-corrected chi connectivity index (χ1v) is 6.36. The van der Waals surface area contributed by atoms with Gasteiger partial charge in [-0.05, 0) is 42.8 Å². The minimum Gasteiger partial charge on any atom is -0.436 e. The van der Waals surface area contributed by atoms with Gasteiger partial charge in [-0.3, -0.25) is 0 Å². The lowest BCUT2D eigenvalue weighted by molar-refractivity contribution is 0.620. The number of aryl methyl sites for hydroxylation is 1. The normalized spacial score (nSPS) is 11.0. The number of hydrogen-bond acceptors (Lipinski definition) is 3. The van der Waals surface area contributed by atoms with E-state index in [0.717, 1.165) is 15.6 Å². The fraction of sp³-hybridized carbons (Fsp3) is 0.0714. The highest BCUT2D eigenvalue weighted by Gasteiger charge is 2.10. The van der Waals surface area contributed by atoms with Crippen molar-refractivity contribution < 1.29 is 4.42 Å². The fourth-order valence-corrected chi connectivity index (χ4v) is 2.12. The second-order valence-corrected chi connectivity index (χ2v) is 5.03. The molecule has 0 aliphatic rings. The van der Waals surface area contributed by atoms with E-state index in [0.29, 0.717) is 22.7 Å². The van der Waals surface area contributed by atoms with Crippen LogP contribution in [0.3, 0.4) is 0 Å². The molecule has 2 aromatic carbocycles. The third kappa shape index (κ3) is 1.78. The lowest BCUT2D eigenvalue weighted by Crippen LogP contribution is -1.85. The number of hydrogen-bond donors (Lipinski definition) is 1. The standard InChI is InChI=1S/C14H11BrN2O/c1-8-7-9(5-6-10(8)15)14-17-13-11(16)3-2-4-12(13)18-14/h2-7H,16H2,1H3. The molecule has 0 aliphatic heterocycles. The molecule has 0 amide bonds. The van der Waals surface area contributed by atoms with Gasteiger partial charge in [0.1, 0.15) is 5.52 Å². The summed E-state index contributed by atoms with van der Waals surface area (Å²) in [5.41, 5.74) is 10.0. The van der Waals surface area contributed by atoms with Crippen LogP contribution in [0.4, 0.5) is 5.69 Å². The molecule has 3 rings (SSSR count). The van der Waals surface area contributed by atoms with E-state index in [-0.39, 0.29) is 0 Å². The maximum Gasteiger partial charge on any atom is 0.227 e. The highest BCUT2D eigenvalue weighted by atomic mass is 79.9. The fourth-order valence-electron chi connectivity index (χ4n) is 1.87. The number of benzene rings is 2. The molecule has 0 bridgehead atoms. The number of nitrogens with zero attached hydrogens (tertiary/aromatic N) is 1. The zero-order chi connectivity index (χ0) is 12.7. The van der Waals surface area contributed by atoms with E-state index in [2.05, 4.69) is 20.9 Å². The summed E-state index contributed by atoms with van der Waals surface area (Å²) in [6.07, 6.45) is 0. The van der Waals surface area contributed by atoms with Gasteiger partial charge in [0, 0.05) is 10.0 Å². The van der Waals surface area contributed by atoms with Crippen LogP contribution in [0.5, 0.6) is 0 Å². The maximum absolute atomic E-state index is 5.87. The van der Waals surface area contributed by atoms with Gasteiger partial charge in [0.2, 0.25) is 5.89 Å². The van der Waals surface area contributed by atoms with Gasteiger partial charge in [-0.25, -0.2) is 4.98 Å². The van der Waals surface area contributed by atoms with Crippen molar-refractivity contribution in [3.05, 3.63) is 46.4 Å². The molecule has 3 nitrogen and oxygen atoms in total. The molecule has 0 spiro atoms. The Labute approximate surface area is 113 Å². The summed E-state index contributed by atoms with van der Waals surface area (Å²) in [5, 5.41) is 0. The molecule has 2 N–H and O–H groups in total. The molecule has 4 heteroatoms. The molecule has 0 atom stereocenters. The van der Waals surface area contributed by atoms with Crippen LogP contribution in [-0.4, -0.2) is 4.98 Å². The van der Waals surface area contributed by atoms with E-state index >= 15 is 0 Å². The second kappa shape index (κ2) is 4.14. The van der Waals surface area contributed by atoms with Gasteiger partial charge in [0.25, 0.3) is 0 Å².